The molecule has 0 saturated carbocycles. The van der Waals surface area contributed by atoms with E-state index in [4.69, 9.17) is 21.7 Å². The molecule has 1 aromatic heterocycles. The van der Waals surface area contributed by atoms with Gasteiger partial charge in [-0.15, -0.1) is 0 Å². The maximum Gasteiger partial charge on any atom is 0.262 e. The average molecular weight is 426 g/mol. The normalized spacial score (nSPS) is 16.0. The van der Waals surface area contributed by atoms with E-state index >= 15 is 0 Å². The maximum atomic E-state index is 12.9. The molecule has 30 heavy (non-hydrogen) atoms. The van der Waals surface area contributed by atoms with Gasteiger partial charge in [0.05, 0.1) is 30.7 Å². The standard InChI is InChI=1S/C22H23N3O4S/c1-28-19-7-3-2-5-15(19)12-23-20(26)14-8-9-17-18(11-14)24-22(30)25(21(17)27)13-16-6-4-10-29-16/h2-3,5,7-9,11,16H,4,6,10,12-13H2,1H3,(H,23,26)(H,24,30)/t16-/m0/s1. The van der Waals surface area contributed by atoms with Gasteiger partial charge in [0.15, 0.2) is 4.77 Å². The summed E-state index contributed by atoms with van der Waals surface area (Å²) >= 11 is 5.39. The second-order valence-electron chi connectivity index (χ2n) is 7.24. The van der Waals surface area contributed by atoms with Crippen molar-refractivity contribution in [3.63, 3.8) is 0 Å². The fourth-order valence-corrected chi connectivity index (χ4v) is 3.95. The number of hydrogen-bond donors (Lipinski definition) is 2. The fourth-order valence-electron chi connectivity index (χ4n) is 3.68. The summed E-state index contributed by atoms with van der Waals surface area (Å²) in [5, 5.41) is 3.37. The van der Waals surface area contributed by atoms with Gasteiger partial charge in [0.1, 0.15) is 5.75 Å². The van der Waals surface area contributed by atoms with E-state index in [-0.39, 0.29) is 17.6 Å². The molecule has 1 amide bonds. The number of aromatic nitrogens is 2. The molecule has 0 radical (unpaired) electrons. The van der Waals surface area contributed by atoms with Crippen LogP contribution in [-0.4, -0.2) is 35.3 Å². The Labute approximate surface area is 178 Å². The van der Waals surface area contributed by atoms with Crippen LogP contribution >= 0.6 is 12.2 Å². The highest BCUT2D eigenvalue weighted by atomic mass is 32.1. The number of benzene rings is 2. The van der Waals surface area contributed by atoms with Gasteiger partial charge in [-0.25, -0.2) is 0 Å². The number of para-hydroxylation sites is 1. The molecule has 0 spiro atoms. The number of fused-ring (bicyclic) bond motifs is 1. The first-order valence-electron chi connectivity index (χ1n) is 9.85. The number of methoxy groups -OCH3 is 1. The Bertz CT molecular complexity index is 1190. The van der Waals surface area contributed by atoms with Crippen LogP contribution in [0.2, 0.25) is 0 Å². The Morgan fingerprint density at radius 3 is 2.93 bits per heavy atom. The minimum absolute atomic E-state index is 0.00952. The molecule has 0 bridgehead atoms. The predicted molar refractivity (Wildman–Crippen MR) is 117 cm³/mol. The van der Waals surface area contributed by atoms with Gasteiger partial charge in [-0.05, 0) is 49.3 Å². The molecule has 1 fully saturated rings. The zero-order valence-corrected chi connectivity index (χ0v) is 17.5. The van der Waals surface area contributed by atoms with Crippen LogP contribution in [0, 0.1) is 4.77 Å². The van der Waals surface area contributed by atoms with Gasteiger partial charge < -0.3 is 19.8 Å². The Morgan fingerprint density at radius 2 is 2.17 bits per heavy atom. The van der Waals surface area contributed by atoms with Crippen LogP contribution in [-0.2, 0) is 17.8 Å². The Hall–Kier alpha value is -2.97. The van der Waals surface area contributed by atoms with Crippen LogP contribution in [0.25, 0.3) is 10.9 Å². The van der Waals surface area contributed by atoms with E-state index in [0.717, 1.165) is 25.0 Å². The van der Waals surface area contributed by atoms with Gasteiger partial charge in [-0.3, -0.25) is 14.2 Å². The average Bonchev–Trinajstić information content (AvgIpc) is 3.28. The second kappa shape index (κ2) is 8.81. The topological polar surface area (TPSA) is 85.3 Å². The van der Waals surface area contributed by atoms with E-state index in [0.29, 0.717) is 40.1 Å². The molecular formula is C22H23N3O4S. The minimum Gasteiger partial charge on any atom is -0.496 e. The van der Waals surface area contributed by atoms with E-state index in [9.17, 15) is 9.59 Å². The third kappa shape index (κ3) is 4.15. The summed E-state index contributed by atoms with van der Waals surface area (Å²) in [6.45, 7) is 1.49. The third-order valence-electron chi connectivity index (χ3n) is 5.29. The summed E-state index contributed by atoms with van der Waals surface area (Å²) in [5.41, 5.74) is 1.69. The smallest absolute Gasteiger partial charge is 0.262 e. The maximum absolute atomic E-state index is 12.9. The zero-order valence-electron chi connectivity index (χ0n) is 16.6. The zero-order chi connectivity index (χ0) is 21.1. The molecule has 156 valence electrons. The van der Waals surface area contributed by atoms with E-state index in [2.05, 4.69) is 10.3 Å². The lowest BCUT2D eigenvalue weighted by molar-refractivity contribution is 0.0950. The summed E-state index contributed by atoms with van der Waals surface area (Å²) < 4.78 is 12.8. The molecule has 3 aromatic rings. The molecule has 2 N–H and O–H groups in total. The predicted octanol–water partition coefficient (Wildman–Crippen LogP) is 3.18. The third-order valence-corrected chi connectivity index (χ3v) is 5.61. The quantitative estimate of drug-likeness (QED) is 0.593. The molecule has 2 heterocycles. The first-order valence-corrected chi connectivity index (χ1v) is 10.3. The highest BCUT2D eigenvalue weighted by molar-refractivity contribution is 7.71. The lowest BCUT2D eigenvalue weighted by Gasteiger charge is -2.13. The molecule has 2 aromatic carbocycles. The van der Waals surface area contributed by atoms with Crippen molar-refractivity contribution in [3.8, 4) is 5.75 Å². The van der Waals surface area contributed by atoms with Gasteiger partial charge in [0.2, 0.25) is 0 Å². The number of nitrogens with zero attached hydrogens (tertiary/aromatic N) is 1. The minimum atomic E-state index is -0.245. The van der Waals surface area contributed by atoms with Gasteiger partial charge in [0, 0.05) is 24.3 Å². The van der Waals surface area contributed by atoms with E-state index in [1.54, 1.807) is 25.3 Å². The van der Waals surface area contributed by atoms with Gasteiger partial charge in [0.25, 0.3) is 11.5 Å². The lowest BCUT2D eigenvalue weighted by Crippen LogP contribution is -2.28. The first-order chi connectivity index (χ1) is 14.6. The van der Waals surface area contributed by atoms with Gasteiger partial charge in [-0.2, -0.15) is 0 Å². The van der Waals surface area contributed by atoms with Crippen LogP contribution in [0.5, 0.6) is 5.75 Å². The SMILES string of the molecule is COc1ccccc1CNC(=O)c1ccc2c(=O)n(C[C@@H]3CCCO3)c(=S)[nH]c2c1. The largest absolute Gasteiger partial charge is 0.496 e. The number of hydrogen-bond acceptors (Lipinski definition) is 5. The molecule has 8 heteroatoms. The van der Waals surface area contributed by atoms with Crippen LogP contribution in [0.15, 0.2) is 47.3 Å². The van der Waals surface area contributed by atoms with Crippen molar-refractivity contribution in [2.45, 2.75) is 32.0 Å². The number of rotatable bonds is 6. The summed E-state index contributed by atoms with van der Waals surface area (Å²) in [4.78, 5) is 28.6. The highest BCUT2D eigenvalue weighted by Crippen LogP contribution is 2.18. The van der Waals surface area contributed by atoms with Crippen molar-refractivity contribution < 1.29 is 14.3 Å². The Balaban J connectivity index is 1.56. The highest BCUT2D eigenvalue weighted by Gasteiger charge is 2.18. The van der Waals surface area contributed by atoms with Crippen molar-refractivity contribution in [2.75, 3.05) is 13.7 Å². The number of ether oxygens (including phenoxy) is 2. The van der Waals surface area contributed by atoms with Crippen molar-refractivity contribution in [1.29, 1.82) is 0 Å². The number of nitrogens with one attached hydrogen (secondary N) is 2. The number of aromatic amines is 1. The van der Waals surface area contributed by atoms with Crippen LogP contribution in [0.4, 0.5) is 0 Å². The summed E-state index contributed by atoms with van der Waals surface area (Å²) in [5.74, 6) is 0.470. The van der Waals surface area contributed by atoms with E-state index in [1.807, 2.05) is 24.3 Å². The van der Waals surface area contributed by atoms with E-state index in [1.165, 1.54) is 4.57 Å². The Morgan fingerprint density at radius 1 is 1.33 bits per heavy atom. The molecule has 4 rings (SSSR count). The second-order valence-corrected chi connectivity index (χ2v) is 7.62. The van der Waals surface area contributed by atoms with Crippen LogP contribution in [0.3, 0.4) is 0 Å². The molecule has 0 unspecified atom stereocenters. The van der Waals surface area contributed by atoms with Crippen molar-refractivity contribution in [1.82, 2.24) is 14.9 Å². The molecule has 1 saturated heterocycles. The summed E-state index contributed by atoms with van der Waals surface area (Å²) in [6, 6.07) is 12.5. The molecule has 1 aliphatic heterocycles. The number of carbonyl (C=O) groups is 1. The summed E-state index contributed by atoms with van der Waals surface area (Å²) in [6.07, 6.45) is 1.93. The van der Waals surface area contributed by atoms with Crippen molar-refractivity contribution in [3.05, 3.63) is 68.7 Å². The molecule has 7 nitrogen and oxygen atoms in total. The molecule has 1 aliphatic rings. The monoisotopic (exact) mass is 425 g/mol. The first kappa shape index (κ1) is 20.3. The summed E-state index contributed by atoms with van der Waals surface area (Å²) in [7, 11) is 1.60. The van der Waals surface area contributed by atoms with Crippen LogP contribution in [0.1, 0.15) is 28.8 Å². The van der Waals surface area contributed by atoms with Crippen LogP contribution < -0.4 is 15.6 Å². The van der Waals surface area contributed by atoms with E-state index < -0.39 is 0 Å². The van der Waals surface area contributed by atoms with Crippen molar-refractivity contribution >= 4 is 29.0 Å². The fraction of sp³-hybridized carbons (Fsp3) is 0.318. The van der Waals surface area contributed by atoms with Gasteiger partial charge >= 0.3 is 0 Å². The number of H-pyrrole nitrogens is 1. The number of carbonyl (C=O) groups excluding carboxylic acids is 1. The molecule has 1 atom stereocenters. The molecular weight excluding hydrogens is 402 g/mol. The molecule has 0 aliphatic carbocycles. The lowest BCUT2D eigenvalue weighted by atomic mass is 10.1. The van der Waals surface area contributed by atoms with Gasteiger partial charge in [-0.1, -0.05) is 18.2 Å². The van der Waals surface area contributed by atoms with Crippen molar-refractivity contribution in [2.24, 2.45) is 0 Å². The Kier molecular flexibility index (Phi) is 5.96. The number of amides is 1.